The van der Waals surface area contributed by atoms with E-state index >= 15 is 0 Å². The third-order valence-corrected chi connectivity index (χ3v) is 2.37. The molecule has 1 heterocycles. The van der Waals surface area contributed by atoms with Crippen LogP contribution in [0.3, 0.4) is 0 Å². The van der Waals surface area contributed by atoms with Crippen LogP contribution in [-0.2, 0) is 0 Å². The summed E-state index contributed by atoms with van der Waals surface area (Å²) in [5, 5.41) is 3.40. The minimum absolute atomic E-state index is 0.118. The van der Waals surface area contributed by atoms with Crippen molar-refractivity contribution in [1.82, 2.24) is 10.3 Å². The van der Waals surface area contributed by atoms with E-state index in [1.54, 1.807) is 12.4 Å². The van der Waals surface area contributed by atoms with Gasteiger partial charge in [-0.25, -0.2) is 0 Å². The number of aromatic nitrogens is 1. The summed E-state index contributed by atoms with van der Waals surface area (Å²) in [6.07, 6.45) is 3.58. The summed E-state index contributed by atoms with van der Waals surface area (Å²) >= 11 is 3.36. The lowest BCUT2D eigenvalue weighted by Crippen LogP contribution is -2.41. The first-order valence-corrected chi connectivity index (χ1v) is 6.18. The number of halogens is 1. The minimum atomic E-state index is 0.118. The van der Waals surface area contributed by atoms with Gasteiger partial charge in [-0.1, -0.05) is 0 Å². The van der Waals surface area contributed by atoms with Crippen molar-refractivity contribution in [2.45, 2.75) is 39.3 Å². The Bertz CT molecular complexity index is 336. The third-order valence-electron chi connectivity index (χ3n) is 1.94. The van der Waals surface area contributed by atoms with E-state index in [-0.39, 0.29) is 11.6 Å². The van der Waals surface area contributed by atoms with Gasteiger partial charge in [0.2, 0.25) is 0 Å². The zero-order valence-corrected chi connectivity index (χ0v) is 11.8. The van der Waals surface area contributed by atoms with Gasteiger partial charge < -0.3 is 10.1 Å². The molecule has 4 heteroatoms. The summed E-state index contributed by atoms with van der Waals surface area (Å²) in [7, 11) is 0. The first-order valence-electron chi connectivity index (χ1n) is 5.39. The number of pyridine rings is 1. The number of nitrogens with zero attached hydrogens (tertiary/aromatic N) is 1. The third kappa shape index (κ3) is 5.47. The van der Waals surface area contributed by atoms with Crippen LogP contribution in [0.25, 0.3) is 0 Å². The molecule has 16 heavy (non-hydrogen) atoms. The Labute approximate surface area is 106 Å². The molecule has 1 rings (SSSR count). The predicted octanol–water partition coefficient (Wildman–Crippen LogP) is 3.00. The molecule has 1 unspecified atom stereocenters. The molecular formula is C12H19BrN2O. The van der Waals surface area contributed by atoms with Gasteiger partial charge in [-0.2, -0.15) is 0 Å². The van der Waals surface area contributed by atoms with E-state index in [4.69, 9.17) is 4.74 Å². The molecule has 0 saturated carbocycles. The Morgan fingerprint density at radius 1 is 1.44 bits per heavy atom. The van der Waals surface area contributed by atoms with Crippen molar-refractivity contribution < 1.29 is 4.74 Å². The molecule has 0 bridgehead atoms. The lowest BCUT2D eigenvalue weighted by molar-refractivity contribution is 0.202. The fourth-order valence-corrected chi connectivity index (χ4v) is 1.52. The Morgan fingerprint density at radius 2 is 2.12 bits per heavy atom. The molecule has 1 aromatic rings. The van der Waals surface area contributed by atoms with E-state index in [9.17, 15) is 0 Å². The molecule has 0 saturated heterocycles. The highest BCUT2D eigenvalue weighted by Gasteiger charge is 2.11. The second-order valence-electron chi connectivity index (χ2n) is 4.90. The molecule has 0 aliphatic rings. The number of hydrogen-bond donors (Lipinski definition) is 1. The zero-order valence-electron chi connectivity index (χ0n) is 10.2. The highest BCUT2D eigenvalue weighted by Crippen LogP contribution is 2.17. The summed E-state index contributed by atoms with van der Waals surface area (Å²) in [5.74, 6) is 0.789. The number of hydrogen-bond acceptors (Lipinski definition) is 3. The molecule has 1 N–H and O–H groups in total. The lowest BCUT2D eigenvalue weighted by Gasteiger charge is -2.23. The van der Waals surface area contributed by atoms with Gasteiger partial charge in [-0.3, -0.25) is 4.98 Å². The van der Waals surface area contributed by atoms with Gasteiger partial charge >= 0.3 is 0 Å². The van der Waals surface area contributed by atoms with Crippen LogP contribution in [-0.4, -0.2) is 23.2 Å². The SMILES string of the molecule is CC(CNC(C)(C)C)Oc1cncc(Br)c1. The van der Waals surface area contributed by atoms with Gasteiger partial charge in [0.1, 0.15) is 11.9 Å². The Hall–Kier alpha value is -0.610. The van der Waals surface area contributed by atoms with Gasteiger partial charge in [0.25, 0.3) is 0 Å². The molecular weight excluding hydrogens is 268 g/mol. The van der Waals surface area contributed by atoms with Crippen molar-refractivity contribution >= 4 is 15.9 Å². The van der Waals surface area contributed by atoms with Crippen LogP contribution in [0.5, 0.6) is 5.75 Å². The van der Waals surface area contributed by atoms with Crippen LogP contribution in [0.15, 0.2) is 22.9 Å². The first kappa shape index (κ1) is 13.5. The molecule has 0 fully saturated rings. The Balaban J connectivity index is 2.43. The minimum Gasteiger partial charge on any atom is -0.488 e. The van der Waals surface area contributed by atoms with Crippen molar-refractivity contribution in [1.29, 1.82) is 0 Å². The zero-order chi connectivity index (χ0) is 12.2. The number of nitrogens with one attached hydrogen (secondary N) is 1. The number of ether oxygens (including phenoxy) is 1. The molecule has 0 radical (unpaired) electrons. The average molecular weight is 287 g/mol. The van der Waals surface area contributed by atoms with Crippen LogP contribution >= 0.6 is 15.9 Å². The fraction of sp³-hybridized carbons (Fsp3) is 0.583. The van der Waals surface area contributed by atoms with E-state index < -0.39 is 0 Å². The smallest absolute Gasteiger partial charge is 0.139 e. The fourth-order valence-electron chi connectivity index (χ4n) is 1.18. The molecule has 90 valence electrons. The summed E-state index contributed by atoms with van der Waals surface area (Å²) in [5.41, 5.74) is 0.118. The maximum Gasteiger partial charge on any atom is 0.139 e. The van der Waals surface area contributed by atoms with E-state index in [2.05, 4.69) is 47.0 Å². The maximum absolute atomic E-state index is 5.74. The largest absolute Gasteiger partial charge is 0.488 e. The van der Waals surface area contributed by atoms with Crippen LogP contribution < -0.4 is 10.1 Å². The quantitative estimate of drug-likeness (QED) is 0.924. The summed E-state index contributed by atoms with van der Waals surface area (Å²) < 4.78 is 6.67. The molecule has 0 spiro atoms. The molecule has 0 amide bonds. The van der Waals surface area contributed by atoms with Crippen molar-refractivity contribution in [3.8, 4) is 5.75 Å². The Morgan fingerprint density at radius 3 is 2.69 bits per heavy atom. The highest BCUT2D eigenvalue weighted by molar-refractivity contribution is 9.10. The molecule has 0 aliphatic heterocycles. The summed E-state index contributed by atoms with van der Waals surface area (Å²) in [4.78, 5) is 4.05. The molecule has 1 aromatic heterocycles. The van der Waals surface area contributed by atoms with E-state index in [1.165, 1.54) is 0 Å². The van der Waals surface area contributed by atoms with E-state index in [0.29, 0.717) is 0 Å². The second kappa shape index (κ2) is 5.64. The molecule has 0 aromatic carbocycles. The maximum atomic E-state index is 5.74. The van der Waals surface area contributed by atoms with Gasteiger partial charge in [0, 0.05) is 22.8 Å². The molecule has 3 nitrogen and oxygen atoms in total. The standard InChI is InChI=1S/C12H19BrN2O/c1-9(6-15-12(2,3)4)16-11-5-10(13)7-14-8-11/h5,7-9,15H,6H2,1-4H3. The normalized spacial score (nSPS) is 13.6. The summed E-state index contributed by atoms with van der Waals surface area (Å²) in [6.45, 7) is 9.27. The van der Waals surface area contributed by atoms with Crippen molar-refractivity contribution in [2.24, 2.45) is 0 Å². The van der Waals surface area contributed by atoms with Crippen LogP contribution in [0.2, 0.25) is 0 Å². The van der Waals surface area contributed by atoms with Crippen LogP contribution in [0.4, 0.5) is 0 Å². The number of rotatable bonds is 4. The monoisotopic (exact) mass is 286 g/mol. The Kier molecular flexibility index (Phi) is 4.74. The van der Waals surface area contributed by atoms with Crippen molar-refractivity contribution in [3.63, 3.8) is 0 Å². The van der Waals surface area contributed by atoms with Crippen molar-refractivity contribution in [2.75, 3.05) is 6.54 Å². The predicted molar refractivity (Wildman–Crippen MR) is 69.8 cm³/mol. The van der Waals surface area contributed by atoms with Crippen molar-refractivity contribution in [3.05, 3.63) is 22.9 Å². The molecule has 1 atom stereocenters. The van der Waals surface area contributed by atoms with E-state index in [1.807, 2.05) is 13.0 Å². The van der Waals surface area contributed by atoms with Crippen LogP contribution in [0, 0.1) is 0 Å². The first-order chi connectivity index (χ1) is 7.37. The average Bonchev–Trinajstić information content (AvgIpc) is 2.14. The summed E-state index contributed by atoms with van der Waals surface area (Å²) in [6, 6.07) is 1.92. The lowest BCUT2D eigenvalue weighted by atomic mass is 10.1. The van der Waals surface area contributed by atoms with Gasteiger partial charge in [-0.15, -0.1) is 0 Å². The highest BCUT2D eigenvalue weighted by atomic mass is 79.9. The van der Waals surface area contributed by atoms with Gasteiger partial charge in [0.05, 0.1) is 6.20 Å². The second-order valence-corrected chi connectivity index (χ2v) is 5.81. The van der Waals surface area contributed by atoms with Gasteiger partial charge in [-0.05, 0) is 49.7 Å². The van der Waals surface area contributed by atoms with E-state index in [0.717, 1.165) is 16.8 Å². The van der Waals surface area contributed by atoms with Crippen LogP contribution in [0.1, 0.15) is 27.7 Å². The van der Waals surface area contributed by atoms with Gasteiger partial charge in [0.15, 0.2) is 0 Å². The molecule has 0 aliphatic carbocycles. The topological polar surface area (TPSA) is 34.1 Å².